The van der Waals surface area contributed by atoms with Crippen LogP contribution in [0.25, 0.3) is 12.2 Å². The zero-order valence-corrected chi connectivity index (χ0v) is 17.8. The maximum atomic E-state index is 10.7. The van der Waals surface area contributed by atoms with Crippen LogP contribution in [-0.2, 0) is 14.3 Å². The summed E-state index contributed by atoms with van der Waals surface area (Å²) in [6, 6.07) is 20.1. The highest BCUT2D eigenvalue weighted by Crippen LogP contribution is 2.09. The molecule has 2 aromatic carbocycles. The number of hydrogen-bond acceptors (Lipinski definition) is 3. The molecule has 3 heteroatoms. The summed E-state index contributed by atoms with van der Waals surface area (Å²) < 4.78 is 9.60. The van der Waals surface area contributed by atoms with Crippen LogP contribution in [0.15, 0.2) is 111 Å². The van der Waals surface area contributed by atoms with Gasteiger partial charge in [0.05, 0.1) is 6.61 Å². The van der Waals surface area contributed by atoms with Crippen molar-refractivity contribution >= 4 is 18.1 Å². The lowest BCUT2D eigenvalue weighted by molar-refractivity contribution is -0.139. The van der Waals surface area contributed by atoms with E-state index in [-0.39, 0.29) is 12.1 Å². The van der Waals surface area contributed by atoms with Gasteiger partial charge in [-0.2, -0.15) is 0 Å². The van der Waals surface area contributed by atoms with E-state index in [0.717, 1.165) is 0 Å². The highest BCUT2D eigenvalue weighted by Gasteiger charge is 2.24. The number of benzene rings is 2. The predicted octanol–water partition coefficient (Wildman–Crippen LogP) is 6.52. The molecule has 158 valence electrons. The number of hydrogen-bond donors (Lipinski definition) is 0. The third-order valence-corrected chi connectivity index (χ3v) is 3.39. The van der Waals surface area contributed by atoms with Crippen molar-refractivity contribution < 1.29 is 14.3 Å². The summed E-state index contributed by atoms with van der Waals surface area (Å²) in [6.45, 7) is 20.1. The van der Waals surface area contributed by atoms with Gasteiger partial charge in [-0.25, -0.2) is 4.79 Å². The van der Waals surface area contributed by atoms with Gasteiger partial charge in [0.2, 0.25) is 0 Å². The highest BCUT2D eigenvalue weighted by molar-refractivity contribution is 5.86. The standard InChI is InChI=1S/2C8H8.C7H10O3.C4H6/c2*1-2-8-6-4-3-5-7-8;1-5(2)7(8)10-4-6-3-9-6;1-3-4-2/h2*2-7H,1H2;6H,1,3-4H2,2H3;3-4H,1-2H2. The normalized spacial score (nSPS) is 12.5. The van der Waals surface area contributed by atoms with Crippen LogP contribution in [0.5, 0.6) is 0 Å². The van der Waals surface area contributed by atoms with Crippen LogP contribution in [0, 0.1) is 0 Å². The van der Waals surface area contributed by atoms with Crippen LogP contribution in [0.4, 0.5) is 0 Å². The molecule has 1 unspecified atom stereocenters. The van der Waals surface area contributed by atoms with Crippen molar-refractivity contribution in [2.24, 2.45) is 0 Å². The number of ether oxygens (including phenoxy) is 2. The molecule has 0 bridgehead atoms. The molecular formula is C27H32O3. The largest absolute Gasteiger partial charge is 0.459 e. The summed E-state index contributed by atoms with van der Waals surface area (Å²) in [7, 11) is 0. The molecule has 3 nitrogen and oxygen atoms in total. The van der Waals surface area contributed by atoms with E-state index >= 15 is 0 Å². The average molecular weight is 405 g/mol. The Labute approximate surface area is 181 Å². The van der Waals surface area contributed by atoms with Crippen molar-refractivity contribution in [3.05, 3.63) is 122 Å². The molecule has 0 spiro atoms. The minimum absolute atomic E-state index is 0.142. The third kappa shape index (κ3) is 15.6. The van der Waals surface area contributed by atoms with Crippen LogP contribution < -0.4 is 0 Å². The minimum Gasteiger partial charge on any atom is -0.459 e. The molecule has 1 aliphatic heterocycles. The molecular weight excluding hydrogens is 372 g/mol. The topological polar surface area (TPSA) is 38.8 Å². The molecule has 3 rings (SSSR count). The second-order valence-corrected chi connectivity index (χ2v) is 6.04. The van der Waals surface area contributed by atoms with Gasteiger partial charge < -0.3 is 9.47 Å². The highest BCUT2D eigenvalue weighted by atomic mass is 16.6. The van der Waals surface area contributed by atoms with Gasteiger partial charge in [0.1, 0.15) is 12.7 Å². The van der Waals surface area contributed by atoms with Crippen molar-refractivity contribution in [2.45, 2.75) is 13.0 Å². The predicted molar refractivity (Wildman–Crippen MR) is 129 cm³/mol. The summed E-state index contributed by atoms with van der Waals surface area (Å²) in [5.41, 5.74) is 2.78. The van der Waals surface area contributed by atoms with Crippen molar-refractivity contribution in [1.82, 2.24) is 0 Å². The van der Waals surface area contributed by atoms with E-state index in [9.17, 15) is 4.79 Å². The van der Waals surface area contributed by atoms with Crippen LogP contribution in [0.3, 0.4) is 0 Å². The fourth-order valence-electron chi connectivity index (χ4n) is 1.63. The fraction of sp³-hybridized carbons (Fsp3) is 0.148. The SMILES string of the molecule is C=C(C)C(=O)OCC1CO1.C=CC=C.C=Cc1ccccc1.C=Cc1ccccc1. The summed E-state index contributed by atoms with van der Waals surface area (Å²) >= 11 is 0. The Morgan fingerprint density at radius 1 is 0.933 bits per heavy atom. The van der Waals surface area contributed by atoms with E-state index in [4.69, 9.17) is 9.47 Å². The van der Waals surface area contributed by atoms with E-state index in [1.54, 1.807) is 19.1 Å². The molecule has 0 N–H and O–H groups in total. The Hall–Kier alpha value is -3.43. The molecule has 0 amide bonds. The van der Waals surface area contributed by atoms with Crippen LogP contribution >= 0.6 is 0 Å². The Balaban J connectivity index is 0.000000389. The Morgan fingerprint density at radius 2 is 1.33 bits per heavy atom. The fourth-order valence-corrected chi connectivity index (χ4v) is 1.63. The summed E-state index contributed by atoms with van der Waals surface area (Å²) in [4.78, 5) is 10.7. The first-order chi connectivity index (χ1) is 14.5. The van der Waals surface area contributed by atoms with Gasteiger partial charge in [-0.05, 0) is 18.1 Å². The first-order valence-electron chi connectivity index (χ1n) is 9.51. The zero-order valence-electron chi connectivity index (χ0n) is 17.8. The van der Waals surface area contributed by atoms with E-state index < -0.39 is 0 Å². The average Bonchev–Trinajstić information content (AvgIpc) is 3.64. The first kappa shape index (κ1) is 26.6. The molecule has 1 aliphatic rings. The van der Waals surface area contributed by atoms with E-state index in [2.05, 4.69) is 32.9 Å². The van der Waals surface area contributed by atoms with Crippen LogP contribution in [-0.4, -0.2) is 25.3 Å². The lowest BCUT2D eigenvalue weighted by Gasteiger charge is -1.99. The molecule has 1 saturated heterocycles. The Kier molecular flexibility index (Phi) is 15.6. The summed E-state index contributed by atoms with van der Waals surface area (Å²) in [5, 5.41) is 0. The Bertz CT molecular complexity index is 723. The quantitative estimate of drug-likeness (QED) is 0.238. The first-order valence-corrected chi connectivity index (χ1v) is 9.51. The molecule has 2 aromatic rings. The molecule has 1 fully saturated rings. The number of esters is 1. The maximum Gasteiger partial charge on any atom is 0.333 e. The molecule has 1 atom stereocenters. The lowest BCUT2D eigenvalue weighted by atomic mass is 10.2. The third-order valence-electron chi connectivity index (χ3n) is 3.39. The van der Waals surface area contributed by atoms with Crippen molar-refractivity contribution in [1.29, 1.82) is 0 Å². The van der Waals surface area contributed by atoms with Gasteiger partial charge in [0, 0.05) is 5.57 Å². The molecule has 1 heterocycles. The van der Waals surface area contributed by atoms with Gasteiger partial charge in [-0.1, -0.05) is 118 Å². The summed E-state index contributed by atoms with van der Waals surface area (Å²) in [6.07, 6.45) is 7.09. The monoisotopic (exact) mass is 404 g/mol. The van der Waals surface area contributed by atoms with Gasteiger partial charge >= 0.3 is 5.97 Å². The van der Waals surface area contributed by atoms with Crippen LogP contribution in [0.2, 0.25) is 0 Å². The number of allylic oxidation sites excluding steroid dienone is 2. The molecule has 0 saturated carbocycles. The van der Waals surface area contributed by atoms with Crippen molar-refractivity contribution in [2.75, 3.05) is 13.2 Å². The van der Waals surface area contributed by atoms with Gasteiger partial charge in [0.15, 0.2) is 0 Å². The number of rotatable bonds is 6. The van der Waals surface area contributed by atoms with Crippen molar-refractivity contribution in [3.8, 4) is 0 Å². The number of carbonyl (C=O) groups excluding carboxylic acids is 1. The van der Waals surface area contributed by atoms with Gasteiger partial charge in [-0.3, -0.25) is 0 Å². The lowest BCUT2D eigenvalue weighted by Crippen LogP contribution is -2.09. The Morgan fingerprint density at radius 3 is 1.57 bits per heavy atom. The molecule has 0 aliphatic carbocycles. The van der Waals surface area contributed by atoms with Gasteiger partial charge in [-0.15, -0.1) is 0 Å². The number of epoxide rings is 1. The second kappa shape index (κ2) is 17.7. The molecule has 30 heavy (non-hydrogen) atoms. The van der Waals surface area contributed by atoms with E-state index in [0.29, 0.717) is 18.8 Å². The van der Waals surface area contributed by atoms with E-state index in [1.165, 1.54) is 11.1 Å². The maximum absolute atomic E-state index is 10.7. The summed E-state index contributed by atoms with van der Waals surface area (Å²) in [5.74, 6) is -0.337. The minimum atomic E-state index is -0.337. The zero-order chi connectivity index (χ0) is 22.6. The van der Waals surface area contributed by atoms with Gasteiger partial charge in [0.25, 0.3) is 0 Å². The number of carbonyl (C=O) groups is 1. The van der Waals surface area contributed by atoms with Crippen molar-refractivity contribution in [3.63, 3.8) is 0 Å². The molecule has 0 aromatic heterocycles. The molecule has 0 radical (unpaired) electrons. The smallest absolute Gasteiger partial charge is 0.333 e. The van der Waals surface area contributed by atoms with Crippen LogP contribution in [0.1, 0.15) is 18.1 Å². The second-order valence-electron chi connectivity index (χ2n) is 6.04. The van der Waals surface area contributed by atoms with E-state index in [1.807, 2.05) is 72.8 Å².